The van der Waals surface area contributed by atoms with Gasteiger partial charge in [0.15, 0.2) is 0 Å². The Kier molecular flexibility index (Phi) is 5.17. The van der Waals surface area contributed by atoms with E-state index < -0.39 is 6.10 Å². The van der Waals surface area contributed by atoms with Crippen molar-refractivity contribution < 1.29 is 9.90 Å². The molecule has 0 saturated heterocycles. The number of carbonyl (C=O) groups is 1. The fourth-order valence-electron chi connectivity index (χ4n) is 1.89. The third kappa shape index (κ3) is 3.94. The second-order valence-electron chi connectivity index (χ2n) is 4.53. The van der Waals surface area contributed by atoms with Crippen LogP contribution < -0.4 is 5.32 Å². The second kappa shape index (κ2) is 6.89. The number of hydrogen-bond acceptors (Lipinski definition) is 3. The topological polar surface area (TPSA) is 62.2 Å². The van der Waals surface area contributed by atoms with Crippen LogP contribution in [0.2, 0.25) is 10.0 Å². The minimum absolute atomic E-state index is 0.0501. The van der Waals surface area contributed by atoms with Crippen molar-refractivity contribution in [3.05, 3.63) is 63.4 Å². The van der Waals surface area contributed by atoms with E-state index in [4.69, 9.17) is 23.2 Å². The average Bonchev–Trinajstić information content (AvgIpc) is 2.45. The summed E-state index contributed by atoms with van der Waals surface area (Å²) < 4.78 is 0. The van der Waals surface area contributed by atoms with E-state index in [1.165, 1.54) is 0 Å². The summed E-state index contributed by atoms with van der Waals surface area (Å²) in [6, 6.07) is 8.19. The normalized spacial score (nSPS) is 12.0. The van der Waals surface area contributed by atoms with Crippen LogP contribution >= 0.6 is 23.2 Å². The standard InChI is InChI=1S/C15H14Cl2N2O2/c1-9-11(3-2-6-18-9)15(21)19-8-14(20)12-5-4-10(16)7-13(12)17/h2-7,14,20H,8H2,1H3,(H,19,21). The SMILES string of the molecule is Cc1ncccc1C(=O)NCC(O)c1ccc(Cl)cc1Cl. The van der Waals surface area contributed by atoms with Gasteiger partial charge in [0, 0.05) is 34.0 Å². The molecule has 0 aliphatic rings. The highest BCUT2D eigenvalue weighted by molar-refractivity contribution is 6.35. The van der Waals surface area contributed by atoms with Crippen molar-refractivity contribution in [3.63, 3.8) is 0 Å². The Morgan fingerprint density at radius 3 is 2.81 bits per heavy atom. The molecule has 2 aromatic rings. The van der Waals surface area contributed by atoms with Crippen molar-refractivity contribution in [1.82, 2.24) is 10.3 Å². The number of nitrogens with zero attached hydrogens (tertiary/aromatic N) is 1. The minimum Gasteiger partial charge on any atom is -0.387 e. The van der Waals surface area contributed by atoms with Gasteiger partial charge in [-0.05, 0) is 31.2 Å². The number of aromatic nitrogens is 1. The summed E-state index contributed by atoms with van der Waals surface area (Å²) in [7, 11) is 0. The predicted octanol–water partition coefficient (Wildman–Crippen LogP) is 3.16. The molecule has 1 amide bonds. The lowest BCUT2D eigenvalue weighted by atomic mass is 10.1. The summed E-state index contributed by atoms with van der Waals surface area (Å²) in [6.07, 6.45) is 0.713. The molecule has 21 heavy (non-hydrogen) atoms. The van der Waals surface area contributed by atoms with Crippen molar-refractivity contribution in [2.45, 2.75) is 13.0 Å². The summed E-state index contributed by atoms with van der Waals surface area (Å²) in [6.45, 7) is 1.80. The highest BCUT2D eigenvalue weighted by Gasteiger charge is 2.15. The maximum atomic E-state index is 12.0. The maximum Gasteiger partial charge on any atom is 0.253 e. The molecule has 1 heterocycles. The van der Waals surface area contributed by atoms with E-state index in [0.29, 0.717) is 26.9 Å². The van der Waals surface area contributed by atoms with Gasteiger partial charge < -0.3 is 10.4 Å². The number of halogens is 2. The molecule has 0 spiro atoms. The lowest BCUT2D eigenvalue weighted by Gasteiger charge is -2.14. The quantitative estimate of drug-likeness (QED) is 0.908. The molecule has 0 saturated carbocycles. The van der Waals surface area contributed by atoms with Gasteiger partial charge in [0.2, 0.25) is 0 Å². The van der Waals surface area contributed by atoms with Crippen LogP contribution in [0.3, 0.4) is 0 Å². The highest BCUT2D eigenvalue weighted by Crippen LogP contribution is 2.25. The van der Waals surface area contributed by atoms with Gasteiger partial charge in [-0.2, -0.15) is 0 Å². The van der Waals surface area contributed by atoms with E-state index in [9.17, 15) is 9.90 Å². The Morgan fingerprint density at radius 1 is 1.38 bits per heavy atom. The van der Waals surface area contributed by atoms with Crippen LogP contribution in [0, 0.1) is 6.92 Å². The first-order valence-corrected chi connectivity index (χ1v) is 7.07. The lowest BCUT2D eigenvalue weighted by molar-refractivity contribution is 0.0915. The van der Waals surface area contributed by atoms with E-state index in [1.54, 1.807) is 43.5 Å². The zero-order chi connectivity index (χ0) is 15.4. The molecule has 0 aliphatic heterocycles. The van der Waals surface area contributed by atoms with Crippen LogP contribution in [0.15, 0.2) is 36.5 Å². The molecule has 1 unspecified atom stereocenters. The van der Waals surface area contributed by atoms with Gasteiger partial charge in [-0.3, -0.25) is 9.78 Å². The van der Waals surface area contributed by atoms with Crippen LogP contribution in [0.4, 0.5) is 0 Å². The minimum atomic E-state index is -0.907. The van der Waals surface area contributed by atoms with Crippen molar-refractivity contribution in [2.24, 2.45) is 0 Å². The van der Waals surface area contributed by atoms with Gasteiger partial charge in [-0.25, -0.2) is 0 Å². The van der Waals surface area contributed by atoms with Gasteiger partial charge in [0.25, 0.3) is 5.91 Å². The largest absolute Gasteiger partial charge is 0.387 e. The maximum absolute atomic E-state index is 12.0. The Labute approximate surface area is 132 Å². The van der Waals surface area contributed by atoms with E-state index in [1.807, 2.05) is 0 Å². The third-order valence-corrected chi connectivity index (χ3v) is 3.59. The molecular weight excluding hydrogens is 311 g/mol. The molecule has 1 atom stereocenters. The number of amides is 1. The Bertz CT molecular complexity index is 662. The van der Waals surface area contributed by atoms with Gasteiger partial charge >= 0.3 is 0 Å². The first-order chi connectivity index (χ1) is 9.99. The van der Waals surface area contributed by atoms with E-state index in [0.717, 1.165) is 0 Å². The van der Waals surface area contributed by atoms with Crippen LogP contribution in [0.5, 0.6) is 0 Å². The lowest BCUT2D eigenvalue weighted by Crippen LogP contribution is -2.29. The summed E-state index contributed by atoms with van der Waals surface area (Å²) in [5.74, 6) is -0.287. The zero-order valence-electron chi connectivity index (χ0n) is 11.3. The van der Waals surface area contributed by atoms with Crippen molar-refractivity contribution >= 4 is 29.1 Å². The molecule has 6 heteroatoms. The monoisotopic (exact) mass is 324 g/mol. The summed E-state index contributed by atoms with van der Waals surface area (Å²) in [4.78, 5) is 16.1. The Balaban J connectivity index is 2.02. The van der Waals surface area contributed by atoms with Crippen LogP contribution in [-0.2, 0) is 0 Å². The molecule has 1 aromatic carbocycles. The fraction of sp³-hybridized carbons (Fsp3) is 0.200. The predicted molar refractivity (Wildman–Crippen MR) is 82.7 cm³/mol. The number of hydrogen-bond donors (Lipinski definition) is 2. The van der Waals surface area contributed by atoms with E-state index >= 15 is 0 Å². The molecule has 2 N–H and O–H groups in total. The summed E-state index contributed by atoms with van der Waals surface area (Å²) in [5.41, 5.74) is 1.63. The number of rotatable bonds is 4. The number of pyridine rings is 1. The van der Waals surface area contributed by atoms with E-state index in [2.05, 4.69) is 10.3 Å². The van der Waals surface area contributed by atoms with Gasteiger partial charge in [-0.1, -0.05) is 29.3 Å². The number of carbonyl (C=O) groups excluding carboxylic acids is 1. The first kappa shape index (κ1) is 15.8. The molecule has 4 nitrogen and oxygen atoms in total. The molecular formula is C15H14Cl2N2O2. The number of aryl methyl sites for hydroxylation is 1. The number of nitrogens with one attached hydrogen (secondary N) is 1. The smallest absolute Gasteiger partial charge is 0.253 e. The Morgan fingerprint density at radius 2 is 2.14 bits per heavy atom. The average molecular weight is 325 g/mol. The summed E-state index contributed by atoms with van der Waals surface area (Å²) >= 11 is 11.8. The van der Waals surface area contributed by atoms with Crippen molar-refractivity contribution in [2.75, 3.05) is 6.54 Å². The molecule has 2 rings (SSSR count). The zero-order valence-corrected chi connectivity index (χ0v) is 12.8. The highest BCUT2D eigenvalue weighted by atomic mass is 35.5. The van der Waals surface area contributed by atoms with Crippen molar-refractivity contribution in [3.8, 4) is 0 Å². The van der Waals surface area contributed by atoms with Gasteiger partial charge in [0.1, 0.15) is 0 Å². The number of aliphatic hydroxyl groups excluding tert-OH is 1. The summed E-state index contributed by atoms with van der Waals surface area (Å²) in [5, 5.41) is 13.6. The molecule has 0 aliphatic carbocycles. The molecule has 0 fully saturated rings. The first-order valence-electron chi connectivity index (χ1n) is 6.32. The van der Waals surface area contributed by atoms with Crippen molar-refractivity contribution in [1.29, 1.82) is 0 Å². The van der Waals surface area contributed by atoms with E-state index in [-0.39, 0.29) is 12.5 Å². The molecule has 110 valence electrons. The van der Waals surface area contributed by atoms with Gasteiger partial charge in [-0.15, -0.1) is 0 Å². The molecule has 1 aromatic heterocycles. The molecule has 0 bridgehead atoms. The second-order valence-corrected chi connectivity index (χ2v) is 5.37. The number of aliphatic hydroxyl groups is 1. The third-order valence-electron chi connectivity index (χ3n) is 3.03. The van der Waals surface area contributed by atoms with Gasteiger partial charge in [0.05, 0.1) is 11.7 Å². The van der Waals surface area contributed by atoms with Crippen LogP contribution in [0.25, 0.3) is 0 Å². The van der Waals surface area contributed by atoms with Crippen LogP contribution in [0.1, 0.15) is 27.7 Å². The van der Waals surface area contributed by atoms with Crippen LogP contribution in [-0.4, -0.2) is 22.5 Å². The number of benzene rings is 1. The molecule has 0 radical (unpaired) electrons. The Hall–Kier alpha value is -1.62. The fourth-order valence-corrected chi connectivity index (χ4v) is 2.42.